The smallest absolute Gasteiger partial charge is 0.316 e. The van der Waals surface area contributed by atoms with Crippen LogP contribution in [0.1, 0.15) is 128 Å². The van der Waals surface area contributed by atoms with Gasteiger partial charge >= 0.3 is 23.7 Å². The summed E-state index contributed by atoms with van der Waals surface area (Å²) in [7, 11) is 1.44. The molecule has 0 radical (unpaired) electrons. The van der Waals surface area contributed by atoms with Gasteiger partial charge in [0.2, 0.25) is 0 Å². The highest BCUT2D eigenvalue weighted by atomic mass is 16.7. The molecule has 0 saturated carbocycles. The fourth-order valence-corrected chi connectivity index (χ4v) is 10.5. The number of amides is 1. The molecule has 426 valence electrons. The Bertz CT molecular complexity index is 2900. The Kier molecular flexibility index (Phi) is 18.4. The van der Waals surface area contributed by atoms with E-state index in [1.165, 1.54) is 61.6 Å². The Morgan fingerprint density at radius 3 is 1.94 bits per heavy atom. The number of fused-ring (bicyclic) bond motifs is 14. The fraction of sp³-hybridized carbons (Fsp3) is 0.557. The highest BCUT2D eigenvalue weighted by Crippen LogP contribution is 2.59. The minimum absolute atomic E-state index is 0.0341. The summed E-state index contributed by atoms with van der Waals surface area (Å²) in [5.74, 6) is -9.37. The molecule has 9 atom stereocenters. The van der Waals surface area contributed by atoms with E-state index in [1.54, 1.807) is 95.2 Å². The molecular formula is C61H83N3O14. The minimum atomic E-state index is -2.14. The van der Waals surface area contributed by atoms with Crippen LogP contribution in [0.5, 0.6) is 23.0 Å². The second kappa shape index (κ2) is 23.6. The molecule has 3 aromatic carbocycles. The maximum atomic E-state index is 15.4. The lowest BCUT2D eigenvalue weighted by molar-refractivity contribution is -0.160. The van der Waals surface area contributed by atoms with Gasteiger partial charge in [0.15, 0.2) is 5.75 Å². The van der Waals surface area contributed by atoms with Crippen molar-refractivity contribution in [1.29, 1.82) is 0 Å². The zero-order valence-corrected chi connectivity index (χ0v) is 48.9. The van der Waals surface area contributed by atoms with E-state index < -0.39 is 100 Å². The number of aliphatic hydroxyl groups excluding tert-OH is 2. The molecule has 5 bridgehead atoms. The lowest BCUT2D eigenvalue weighted by atomic mass is 9.78. The number of nitrogens with zero attached hydrogens (tertiary/aromatic N) is 2. The molecule has 0 spiro atoms. The van der Waals surface area contributed by atoms with Crippen LogP contribution in [-0.4, -0.2) is 113 Å². The molecule has 17 heteroatoms. The van der Waals surface area contributed by atoms with Crippen LogP contribution in [0, 0.1) is 62.2 Å². The first-order valence-electron chi connectivity index (χ1n) is 26.9. The van der Waals surface area contributed by atoms with Crippen molar-refractivity contribution in [1.82, 2.24) is 4.90 Å². The number of methoxy groups -OCH3 is 1. The maximum absolute atomic E-state index is 15.4. The third kappa shape index (κ3) is 12.6. The van der Waals surface area contributed by atoms with E-state index >= 15 is 4.79 Å². The topological polar surface area (TPSA) is 220 Å². The van der Waals surface area contributed by atoms with Gasteiger partial charge in [-0.05, 0) is 98.9 Å². The summed E-state index contributed by atoms with van der Waals surface area (Å²) in [4.78, 5) is 75.6. The van der Waals surface area contributed by atoms with Crippen molar-refractivity contribution in [3.8, 4) is 23.0 Å². The number of aryl methyl sites for hydroxylation is 3. The van der Waals surface area contributed by atoms with E-state index in [0.717, 1.165) is 0 Å². The second-order valence-electron chi connectivity index (χ2n) is 23.9. The summed E-state index contributed by atoms with van der Waals surface area (Å²) < 4.78 is 37.3. The van der Waals surface area contributed by atoms with Gasteiger partial charge in [-0.25, -0.2) is 0 Å². The van der Waals surface area contributed by atoms with Crippen molar-refractivity contribution in [3.05, 3.63) is 81.7 Å². The van der Waals surface area contributed by atoms with Crippen LogP contribution in [0.4, 0.5) is 11.4 Å². The van der Waals surface area contributed by atoms with Gasteiger partial charge in [-0.3, -0.25) is 28.9 Å². The Balaban J connectivity index is 1.67. The number of aliphatic hydroxyl groups is 2. The summed E-state index contributed by atoms with van der Waals surface area (Å²) in [5.41, 5.74) is 2.48. The molecule has 78 heavy (non-hydrogen) atoms. The van der Waals surface area contributed by atoms with Crippen LogP contribution < -0.4 is 24.4 Å². The highest BCUT2D eigenvalue weighted by molar-refractivity contribution is 6.24. The molecule has 0 aliphatic carbocycles. The van der Waals surface area contributed by atoms with Gasteiger partial charge < -0.3 is 54.0 Å². The normalized spacial score (nSPS) is 27.3. The largest absolute Gasteiger partial charge is 0.505 e. The number of piperazine rings is 1. The lowest BCUT2D eigenvalue weighted by Crippen LogP contribution is -2.46. The van der Waals surface area contributed by atoms with Crippen molar-refractivity contribution in [3.63, 3.8) is 0 Å². The number of allylic oxidation sites excluding steroid dienone is 2. The number of phenols is 1. The second-order valence-corrected chi connectivity index (χ2v) is 23.9. The number of aromatic hydroxyl groups is 1. The van der Waals surface area contributed by atoms with Gasteiger partial charge in [-0.2, -0.15) is 0 Å². The number of hydrogen-bond donors (Lipinski definition) is 4. The third-order valence-electron chi connectivity index (χ3n) is 15.5. The Morgan fingerprint density at radius 2 is 1.38 bits per heavy atom. The Morgan fingerprint density at radius 1 is 0.808 bits per heavy atom. The number of carbonyl (C=O) groups is 5. The van der Waals surface area contributed by atoms with Gasteiger partial charge in [0.05, 0.1) is 46.4 Å². The number of phenolic OH excluding ortho intramolecular Hbond substituents is 1. The standard InChI is InChI=1S/C61H83N3O14/c1-31-28-34(4)41(35(5)29-31)30-63-23-25-64(26-24-63)47-46-54(77-58(72)60(14,15)16)44-43(50(47)68)45-53(39(9)52(44)76-57(71)59(11,12)13)78-61(17,55(45)69)74-27-22-42(73-18)36(6)51(75-40(10)65)38(8)49(67)37(7)48(66)32(2)20-19-21-33(3)56(70)62-46/h19-22,27-29,32,36-38,42,48-49,51,66-68H,23-26,30H2,1-18H3,(H,62,70)/b20-19-,27-22-,33-21-/t32-,36+,37+,38+,42-,48-,49+,51+,61-/m0/s1. The van der Waals surface area contributed by atoms with Gasteiger partial charge in [0.25, 0.3) is 11.7 Å². The number of hydrogen-bond acceptors (Lipinski definition) is 16. The van der Waals surface area contributed by atoms with E-state index in [0.29, 0.717) is 32.7 Å². The van der Waals surface area contributed by atoms with Crippen molar-refractivity contribution in [2.24, 2.45) is 34.5 Å². The molecule has 3 aromatic rings. The van der Waals surface area contributed by atoms with E-state index in [9.17, 15) is 34.5 Å². The fourth-order valence-electron chi connectivity index (χ4n) is 10.5. The van der Waals surface area contributed by atoms with Crippen molar-refractivity contribution in [2.75, 3.05) is 43.5 Å². The molecule has 1 fully saturated rings. The molecule has 4 aliphatic heterocycles. The average molecular weight is 1080 g/mol. The minimum Gasteiger partial charge on any atom is -0.505 e. The van der Waals surface area contributed by atoms with Crippen LogP contribution in [0.3, 0.4) is 0 Å². The number of rotatable bonds is 7. The molecule has 7 rings (SSSR count). The molecule has 4 aliphatic rings. The third-order valence-corrected chi connectivity index (χ3v) is 15.5. The zero-order valence-electron chi connectivity index (χ0n) is 48.9. The summed E-state index contributed by atoms with van der Waals surface area (Å²) in [6.07, 6.45) is 3.53. The first-order valence-corrected chi connectivity index (χ1v) is 26.9. The van der Waals surface area contributed by atoms with Crippen LogP contribution in [0.2, 0.25) is 0 Å². The summed E-state index contributed by atoms with van der Waals surface area (Å²) >= 11 is 0. The van der Waals surface area contributed by atoms with E-state index in [4.69, 9.17) is 28.4 Å². The summed E-state index contributed by atoms with van der Waals surface area (Å²) in [6, 6.07) is 4.32. The van der Waals surface area contributed by atoms with E-state index in [-0.39, 0.29) is 56.1 Å². The number of ether oxygens (including phenoxy) is 6. The number of anilines is 2. The maximum Gasteiger partial charge on any atom is 0.316 e. The lowest BCUT2D eigenvalue weighted by Gasteiger charge is -2.38. The van der Waals surface area contributed by atoms with Crippen molar-refractivity contribution < 1.29 is 67.7 Å². The molecule has 4 N–H and O–H groups in total. The Labute approximate surface area is 459 Å². The van der Waals surface area contributed by atoms with Gasteiger partial charge in [-0.15, -0.1) is 0 Å². The van der Waals surface area contributed by atoms with Crippen molar-refractivity contribution >= 4 is 51.7 Å². The number of carbonyl (C=O) groups excluding carboxylic acids is 5. The first-order chi connectivity index (χ1) is 36.2. The summed E-state index contributed by atoms with van der Waals surface area (Å²) in [5, 5.41) is 39.3. The molecule has 1 saturated heterocycles. The van der Waals surface area contributed by atoms with Crippen LogP contribution in [0.15, 0.2) is 48.3 Å². The number of nitrogens with one attached hydrogen (secondary N) is 1. The predicted molar refractivity (Wildman–Crippen MR) is 299 cm³/mol. The van der Waals surface area contributed by atoms with Gasteiger partial charge in [0.1, 0.15) is 34.7 Å². The number of esters is 3. The highest BCUT2D eigenvalue weighted by Gasteiger charge is 2.51. The number of ketones is 1. The predicted octanol–water partition coefficient (Wildman–Crippen LogP) is 9.49. The molecule has 0 unspecified atom stereocenters. The van der Waals surface area contributed by atoms with Crippen molar-refractivity contribution in [2.45, 2.75) is 154 Å². The molecule has 1 amide bonds. The van der Waals surface area contributed by atoms with Gasteiger partial charge in [-0.1, -0.05) is 63.6 Å². The van der Waals surface area contributed by atoms with Crippen LogP contribution >= 0.6 is 0 Å². The quantitative estimate of drug-likeness (QED) is 0.128. The monoisotopic (exact) mass is 1080 g/mol. The van der Waals surface area contributed by atoms with E-state index in [1.807, 2.05) is 4.90 Å². The Hall–Kier alpha value is -6.27. The van der Waals surface area contributed by atoms with E-state index in [2.05, 4.69) is 43.1 Å². The molecule has 0 aromatic heterocycles. The average Bonchev–Trinajstić information content (AvgIpc) is 3.88. The van der Waals surface area contributed by atoms with Crippen LogP contribution in [0.25, 0.3) is 10.8 Å². The number of benzene rings is 3. The summed E-state index contributed by atoms with van der Waals surface area (Å²) in [6.45, 7) is 31.2. The zero-order chi connectivity index (χ0) is 58.3. The molecule has 17 nitrogen and oxygen atoms in total. The molecule has 4 heterocycles. The SMILES string of the molecule is CO[C@H]1/C=C\O[C@@]2(C)Oc3c(C)c(OC(=O)C(C)(C)C)c4c(OC(=O)C(C)(C)C)c(c(N5CCN(Cc6c(C)cc(C)cc6C)CC5)c(O)c4c3C2=O)NC(=O)/C(C)=C\C=C/[C@H](C)[C@H](O)[C@@H](C)[C@@H](O)[C@@H](C)[C@H](OC(C)=O)[C@@H]1C. The van der Waals surface area contributed by atoms with Crippen LogP contribution in [-0.2, 0) is 39.9 Å². The first kappa shape index (κ1) is 61.0. The molecular weight excluding hydrogens is 999 g/mol. The van der Waals surface area contributed by atoms with Gasteiger partial charge in [0, 0.05) is 93.9 Å². The number of Topliss-reactive ketones (excluding diaryl/α,β-unsaturated/α-hetero) is 1.